The van der Waals surface area contributed by atoms with Gasteiger partial charge in [-0.15, -0.1) is 11.3 Å². The summed E-state index contributed by atoms with van der Waals surface area (Å²) in [4.78, 5) is 11.2. The van der Waals surface area contributed by atoms with Crippen molar-refractivity contribution in [3.63, 3.8) is 0 Å². The van der Waals surface area contributed by atoms with Gasteiger partial charge in [0.05, 0.1) is 18.2 Å². The van der Waals surface area contributed by atoms with E-state index in [2.05, 4.69) is 9.97 Å². The zero-order valence-corrected chi connectivity index (χ0v) is 16.6. The molecule has 4 rings (SSSR count). The predicted octanol–water partition coefficient (Wildman–Crippen LogP) is 3.80. The summed E-state index contributed by atoms with van der Waals surface area (Å²) in [6.07, 6.45) is 11.5. The molecule has 0 bridgehead atoms. The van der Waals surface area contributed by atoms with Crippen molar-refractivity contribution in [3.05, 3.63) is 16.8 Å². The maximum atomic E-state index is 11.2. The lowest BCUT2D eigenvalue weighted by molar-refractivity contribution is 0.150. The van der Waals surface area contributed by atoms with Crippen LogP contribution in [0.5, 0.6) is 5.88 Å². The number of ether oxygens (including phenoxy) is 1. The molecule has 1 fully saturated rings. The van der Waals surface area contributed by atoms with E-state index < -0.39 is 10.1 Å². The lowest BCUT2D eigenvalue weighted by atomic mass is 9.97. The molecule has 0 amide bonds. The first-order chi connectivity index (χ1) is 12.5. The van der Waals surface area contributed by atoms with Gasteiger partial charge in [0.15, 0.2) is 0 Å². The molecule has 2 heterocycles. The summed E-state index contributed by atoms with van der Waals surface area (Å²) in [6, 6.07) is 0. The molecule has 6 nitrogen and oxygen atoms in total. The minimum absolute atomic E-state index is 0.215. The second-order valence-electron chi connectivity index (χ2n) is 7.23. The lowest BCUT2D eigenvalue weighted by Gasteiger charge is -2.23. The van der Waals surface area contributed by atoms with Gasteiger partial charge < -0.3 is 4.74 Å². The fourth-order valence-corrected chi connectivity index (χ4v) is 5.73. The van der Waals surface area contributed by atoms with Gasteiger partial charge in [-0.25, -0.2) is 9.97 Å². The fraction of sp³-hybridized carbons (Fsp3) is 0.667. The van der Waals surface area contributed by atoms with Crippen molar-refractivity contribution in [3.8, 4) is 5.88 Å². The normalized spacial score (nSPS) is 21.2. The van der Waals surface area contributed by atoms with Crippen molar-refractivity contribution in [2.75, 3.05) is 12.9 Å². The third kappa shape index (κ3) is 3.87. The van der Waals surface area contributed by atoms with Crippen molar-refractivity contribution in [2.45, 2.75) is 63.4 Å². The molecule has 0 saturated heterocycles. The van der Waals surface area contributed by atoms with Crippen molar-refractivity contribution in [2.24, 2.45) is 0 Å². The summed E-state index contributed by atoms with van der Waals surface area (Å²) in [5, 5.41) is 1.04. The van der Waals surface area contributed by atoms with Crippen molar-refractivity contribution in [1.82, 2.24) is 9.97 Å². The molecule has 2 aromatic rings. The van der Waals surface area contributed by atoms with E-state index >= 15 is 0 Å². The summed E-state index contributed by atoms with van der Waals surface area (Å²) in [7, 11) is -3.40. The van der Waals surface area contributed by atoms with Crippen LogP contribution in [0.1, 0.15) is 61.3 Å². The second kappa shape index (κ2) is 7.40. The summed E-state index contributed by atoms with van der Waals surface area (Å²) in [5.74, 6) is 0.982. The van der Waals surface area contributed by atoms with Gasteiger partial charge in [0.25, 0.3) is 10.1 Å². The largest absolute Gasteiger partial charge is 0.474 e. The first-order valence-corrected chi connectivity index (χ1v) is 11.9. The molecule has 1 atom stereocenters. The summed E-state index contributed by atoms with van der Waals surface area (Å²) in [5.41, 5.74) is 1.26. The molecule has 2 aliphatic rings. The van der Waals surface area contributed by atoms with Crippen LogP contribution in [-0.2, 0) is 20.7 Å². The smallest absolute Gasteiger partial charge is 0.264 e. The van der Waals surface area contributed by atoms with E-state index in [0.29, 0.717) is 12.3 Å². The highest BCUT2D eigenvalue weighted by atomic mass is 32.2. The number of fused-ring (bicyclic) bond motifs is 3. The Labute approximate surface area is 158 Å². The maximum absolute atomic E-state index is 11.2. The van der Waals surface area contributed by atoms with Gasteiger partial charge in [0.1, 0.15) is 17.3 Å². The number of rotatable bonds is 6. The molecule has 2 aliphatic carbocycles. The van der Waals surface area contributed by atoms with Gasteiger partial charge in [-0.05, 0) is 56.4 Å². The molecule has 0 radical (unpaired) electrons. The average Bonchev–Trinajstić information content (AvgIpc) is 3.15. The van der Waals surface area contributed by atoms with E-state index in [4.69, 9.17) is 8.92 Å². The topological polar surface area (TPSA) is 78.4 Å². The van der Waals surface area contributed by atoms with Gasteiger partial charge >= 0.3 is 0 Å². The average molecular weight is 397 g/mol. The molecule has 1 unspecified atom stereocenters. The number of aromatic nitrogens is 2. The van der Waals surface area contributed by atoms with Gasteiger partial charge in [-0.1, -0.05) is 6.42 Å². The molecule has 142 valence electrons. The zero-order chi connectivity index (χ0) is 18.1. The SMILES string of the molecule is CS(=O)(=O)OCCC1CCc2sc3ncnc(OC4CCCCC4)c3c21. The second-order valence-corrected chi connectivity index (χ2v) is 9.95. The molecule has 8 heteroatoms. The van der Waals surface area contributed by atoms with E-state index in [-0.39, 0.29) is 18.6 Å². The van der Waals surface area contributed by atoms with Crippen LogP contribution in [0, 0.1) is 0 Å². The molecule has 0 aliphatic heterocycles. The van der Waals surface area contributed by atoms with Crippen LogP contribution in [-0.4, -0.2) is 37.4 Å². The van der Waals surface area contributed by atoms with Gasteiger partial charge in [-0.3, -0.25) is 4.18 Å². The highest BCUT2D eigenvalue weighted by Gasteiger charge is 2.30. The first kappa shape index (κ1) is 18.1. The third-order valence-electron chi connectivity index (χ3n) is 5.29. The van der Waals surface area contributed by atoms with E-state index in [1.807, 2.05) is 0 Å². The molecule has 0 spiro atoms. The molecular weight excluding hydrogens is 372 g/mol. The molecule has 26 heavy (non-hydrogen) atoms. The van der Waals surface area contributed by atoms with Crippen LogP contribution in [0.4, 0.5) is 0 Å². The molecule has 2 aromatic heterocycles. The van der Waals surface area contributed by atoms with Crippen LogP contribution in [0.3, 0.4) is 0 Å². The number of hydrogen-bond acceptors (Lipinski definition) is 7. The van der Waals surface area contributed by atoms with Crippen LogP contribution >= 0.6 is 11.3 Å². The van der Waals surface area contributed by atoms with Crippen LogP contribution < -0.4 is 4.74 Å². The third-order valence-corrected chi connectivity index (χ3v) is 7.06. The molecule has 0 N–H and O–H groups in total. The van der Waals surface area contributed by atoms with Crippen LogP contribution in [0.2, 0.25) is 0 Å². The number of hydrogen-bond donors (Lipinski definition) is 0. The minimum Gasteiger partial charge on any atom is -0.474 e. The Bertz CT molecular complexity index is 888. The van der Waals surface area contributed by atoms with Gasteiger partial charge in [0, 0.05) is 4.88 Å². The fourth-order valence-electron chi connectivity index (χ4n) is 4.10. The van der Waals surface area contributed by atoms with Crippen molar-refractivity contribution in [1.29, 1.82) is 0 Å². The molecular formula is C18H24N2O4S2. The Kier molecular flexibility index (Phi) is 5.16. The Balaban J connectivity index is 1.59. The Morgan fingerprint density at radius 2 is 2.00 bits per heavy atom. The molecule has 1 saturated carbocycles. The van der Waals surface area contributed by atoms with Gasteiger partial charge in [0.2, 0.25) is 5.88 Å². The highest BCUT2D eigenvalue weighted by Crippen LogP contribution is 2.47. The maximum Gasteiger partial charge on any atom is 0.264 e. The Morgan fingerprint density at radius 1 is 1.19 bits per heavy atom. The van der Waals surface area contributed by atoms with Gasteiger partial charge in [-0.2, -0.15) is 8.42 Å². The quantitative estimate of drug-likeness (QED) is 0.691. The predicted molar refractivity (Wildman–Crippen MR) is 101 cm³/mol. The minimum atomic E-state index is -3.40. The monoisotopic (exact) mass is 396 g/mol. The first-order valence-electron chi connectivity index (χ1n) is 9.28. The number of aryl methyl sites for hydroxylation is 1. The Hall–Kier alpha value is -1.25. The van der Waals surface area contributed by atoms with E-state index in [1.165, 1.54) is 29.7 Å². The Morgan fingerprint density at radius 3 is 2.77 bits per heavy atom. The zero-order valence-electron chi connectivity index (χ0n) is 14.9. The number of nitrogens with zero attached hydrogens (tertiary/aromatic N) is 2. The highest BCUT2D eigenvalue weighted by molar-refractivity contribution is 7.85. The van der Waals surface area contributed by atoms with Crippen LogP contribution in [0.15, 0.2) is 6.33 Å². The lowest BCUT2D eigenvalue weighted by Crippen LogP contribution is -2.20. The summed E-state index contributed by atoms with van der Waals surface area (Å²) in [6.45, 7) is 0.215. The van der Waals surface area contributed by atoms with Crippen LogP contribution in [0.25, 0.3) is 10.2 Å². The summed E-state index contributed by atoms with van der Waals surface area (Å²) >= 11 is 1.72. The van der Waals surface area contributed by atoms with Crippen molar-refractivity contribution >= 4 is 31.7 Å². The van der Waals surface area contributed by atoms with Crippen molar-refractivity contribution < 1.29 is 17.3 Å². The standard InChI is InChI=1S/C18H24N2O4S2/c1-26(21,22)23-10-9-12-7-8-14-15(12)16-17(19-11-20-18(16)25-14)24-13-5-3-2-4-6-13/h11-13H,2-10H2,1H3. The van der Waals surface area contributed by atoms with E-state index in [9.17, 15) is 8.42 Å². The van der Waals surface area contributed by atoms with E-state index in [1.54, 1.807) is 17.7 Å². The van der Waals surface area contributed by atoms with E-state index in [0.717, 1.165) is 42.2 Å². The number of thiophene rings is 1. The molecule has 0 aromatic carbocycles. The summed E-state index contributed by atoms with van der Waals surface area (Å²) < 4.78 is 33.7.